The lowest BCUT2D eigenvalue weighted by atomic mass is 9.80. The lowest BCUT2D eigenvalue weighted by Crippen LogP contribution is -2.47. The summed E-state index contributed by atoms with van der Waals surface area (Å²) in [4.78, 5) is 15.9. The van der Waals surface area contributed by atoms with Crippen molar-refractivity contribution in [3.05, 3.63) is 0 Å². The van der Waals surface area contributed by atoms with Gasteiger partial charge in [-0.05, 0) is 18.3 Å². The molecule has 2 rings (SSSR count). The molecule has 0 unspecified atom stereocenters. The van der Waals surface area contributed by atoms with Crippen LogP contribution in [0.2, 0.25) is 0 Å². The molecule has 0 saturated carbocycles. The van der Waals surface area contributed by atoms with Gasteiger partial charge in [0, 0.05) is 19.6 Å². The molecule has 0 spiro atoms. The van der Waals surface area contributed by atoms with Crippen LogP contribution < -0.4 is 0 Å². The van der Waals surface area contributed by atoms with Gasteiger partial charge in [-0.2, -0.15) is 0 Å². The Morgan fingerprint density at radius 2 is 1.93 bits per heavy atom. The molecule has 3 nitrogen and oxygen atoms in total. The summed E-state index contributed by atoms with van der Waals surface area (Å²) in [6.45, 7) is 7.62. The van der Waals surface area contributed by atoms with E-state index in [1.54, 1.807) is 0 Å². The number of carbonyl (C=O) groups excluding carboxylic acids is 1. The highest BCUT2D eigenvalue weighted by Gasteiger charge is 2.46. The molecule has 2 aliphatic heterocycles. The molecule has 2 atom stereocenters. The minimum Gasteiger partial charge on any atom is -0.323 e. The van der Waals surface area contributed by atoms with Gasteiger partial charge in [-0.25, -0.2) is 4.79 Å². The van der Waals surface area contributed by atoms with Crippen LogP contribution in [0.25, 0.3) is 0 Å². The molecule has 0 radical (unpaired) electrons. The van der Waals surface area contributed by atoms with Crippen LogP contribution in [0, 0.1) is 5.41 Å². The SMILES string of the molecule is CN1C(=O)N2C[C@H]1CC[C@H]2C(C)(C)C. The van der Waals surface area contributed by atoms with Gasteiger partial charge in [0.2, 0.25) is 0 Å². The van der Waals surface area contributed by atoms with Gasteiger partial charge in [-0.3, -0.25) is 0 Å². The summed E-state index contributed by atoms with van der Waals surface area (Å²) in [6.07, 6.45) is 2.32. The van der Waals surface area contributed by atoms with E-state index in [1.165, 1.54) is 6.42 Å². The Morgan fingerprint density at radius 1 is 1.29 bits per heavy atom. The molecule has 2 aliphatic rings. The third-order valence-corrected chi connectivity index (χ3v) is 3.65. The molecule has 0 aliphatic carbocycles. The predicted octanol–water partition coefficient (Wildman–Crippen LogP) is 1.93. The summed E-state index contributed by atoms with van der Waals surface area (Å²) in [6, 6.07) is 1.13. The molecule has 80 valence electrons. The highest BCUT2D eigenvalue weighted by atomic mass is 16.2. The van der Waals surface area contributed by atoms with Crippen LogP contribution in [-0.4, -0.2) is 41.5 Å². The van der Waals surface area contributed by atoms with E-state index in [1.807, 2.05) is 11.9 Å². The zero-order valence-corrected chi connectivity index (χ0v) is 9.58. The molecular formula is C11H20N2O. The van der Waals surface area contributed by atoms with Gasteiger partial charge < -0.3 is 9.80 Å². The molecule has 14 heavy (non-hydrogen) atoms. The van der Waals surface area contributed by atoms with Crippen molar-refractivity contribution in [1.29, 1.82) is 0 Å². The normalized spacial score (nSPS) is 32.7. The molecule has 0 aromatic carbocycles. The number of piperidine rings is 1. The van der Waals surface area contributed by atoms with Crippen molar-refractivity contribution in [2.24, 2.45) is 5.41 Å². The molecule has 0 aromatic rings. The third kappa shape index (κ3) is 1.30. The summed E-state index contributed by atoms with van der Waals surface area (Å²) in [5.41, 5.74) is 0.214. The Bertz CT molecular complexity index is 257. The van der Waals surface area contributed by atoms with E-state index in [2.05, 4.69) is 25.7 Å². The summed E-state index contributed by atoms with van der Waals surface area (Å²) in [5.74, 6) is 0. The van der Waals surface area contributed by atoms with E-state index in [4.69, 9.17) is 0 Å². The third-order valence-electron chi connectivity index (χ3n) is 3.65. The maximum atomic E-state index is 11.9. The molecule has 2 bridgehead atoms. The molecule has 2 heterocycles. The highest BCUT2D eigenvalue weighted by molar-refractivity contribution is 5.77. The van der Waals surface area contributed by atoms with Crippen LogP contribution in [-0.2, 0) is 0 Å². The average Bonchev–Trinajstić information content (AvgIpc) is 2.30. The standard InChI is InChI=1S/C11H20N2O/c1-11(2,3)9-6-5-8-7-13(9)10(14)12(8)4/h8-9H,5-7H2,1-4H3/t8-,9+/m1/s1. The minimum absolute atomic E-state index is 0.214. The topological polar surface area (TPSA) is 23.6 Å². The maximum absolute atomic E-state index is 11.9. The zero-order valence-electron chi connectivity index (χ0n) is 9.58. The van der Waals surface area contributed by atoms with Gasteiger partial charge in [0.15, 0.2) is 0 Å². The second-order valence-electron chi connectivity index (χ2n) is 5.66. The zero-order chi connectivity index (χ0) is 10.5. The fraction of sp³-hybridized carbons (Fsp3) is 0.909. The molecule has 2 fully saturated rings. The van der Waals surface area contributed by atoms with E-state index < -0.39 is 0 Å². The second-order valence-corrected chi connectivity index (χ2v) is 5.66. The van der Waals surface area contributed by atoms with E-state index in [0.717, 1.165) is 13.0 Å². The van der Waals surface area contributed by atoms with Gasteiger partial charge in [0.05, 0.1) is 6.04 Å². The lowest BCUT2D eigenvalue weighted by molar-refractivity contribution is 0.111. The van der Waals surface area contributed by atoms with Crippen molar-refractivity contribution in [3.8, 4) is 0 Å². The maximum Gasteiger partial charge on any atom is 0.320 e. The van der Waals surface area contributed by atoms with Crippen LogP contribution in [0.3, 0.4) is 0 Å². The van der Waals surface area contributed by atoms with Crippen molar-refractivity contribution >= 4 is 6.03 Å². The highest BCUT2D eigenvalue weighted by Crippen LogP contribution is 2.37. The number of amides is 2. The van der Waals surface area contributed by atoms with E-state index >= 15 is 0 Å². The molecule has 0 N–H and O–H groups in total. The number of fused-ring (bicyclic) bond motifs is 2. The van der Waals surface area contributed by atoms with Crippen LogP contribution >= 0.6 is 0 Å². The first-order valence-corrected chi connectivity index (χ1v) is 5.44. The Labute approximate surface area is 86.1 Å². The van der Waals surface area contributed by atoms with Crippen molar-refractivity contribution in [2.75, 3.05) is 13.6 Å². The van der Waals surface area contributed by atoms with Gasteiger partial charge in [0.1, 0.15) is 0 Å². The molecule has 0 aromatic heterocycles. The summed E-state index contributed by atoms with van der Waals surface area (Å²) in [7, 11) is 1.93. The van der Waals surface area contributed by atoms with Gasteiger partial charge >= 0.3 is 6.03 Å². The van der Waals surface area contributed by atoms with Crippen LogP contribution in [0.15, 0.2) is 0 Å². The largest absolute Gasteiger partial charge is 0.323 e. The Morgan fingerprint density at radius 3 is 2.50 bits per heavy atom. The molecule has 2 amide bonds. The van der Waals surface area contributed by atoms with Gasteiger partial charge in [-0.15, -0.1) is 0 Å². The second kappa shape index (κ2) is 2.88. The van der Waals surface area contributed by atoms with Crippen LogP contribution in [0.5, 0.6) is 0 Å². The van der Waals surface area contributed by atoms with Gasteiger partial charge in [-0.1, -0.05) is 20.8 Å². The van der Waals surface area contributed by atoms with E-state index in [9.17, 15) is 4.79 Å². The number of hydrogen-bond donors (Lipinski definition) is 0. The molecule has 3 heteroatoms. The first-order chi connectivity index (χ1) is 6.41. The smallest absolute Gasteiger partial charge is 0.320 e. The Hall–Kier alpha value is -0.730. The number of carbonyl (C=O) groups is 1. The molecular weight excluding hydrogens is 176 g/mol. The lowest BCUT2D eigenvalue weighted by Gasteiger charge is -2.39. The fourth-order valence-electron chi connectivity index (χ4n) is 2.74. The average molecular weight is 196 g/mol. The van der Waals surface area contributed by atoms with Crippen molar-refractivity contribution in [1.82, 2.24) is 9.80 Å². The quantitative estimate of drug-likeness (QED) is 0.580. The summed E-state index contributed by atoms with van der Waals surface area (Å²) >= 11 is 0. The van der Waals surface area contributed by atoms with Crippen molar-refractivity contribution < 1.29 is 4.79 Å². The van der Waals surface area contributed by atoms with Crippen LogP contribution in [0.4, 0.5) is 4.79 Å². The Kier molecular flexibility index (Phi) is 2.02. The minimum atomic E-state index is 0.214. The number of likely N-dealkylation sites (N-methyl/N-ethyl adjacent to an activating group) is 1. The fourth-order valence-corrected chi connectivity index (χ4v) is 2.74. The first-order valence-electron chi connectivity index (χ1n) is 5.44. The number of rotatable bonds is 0. The van der Waals surface area contributed by atoms with E-state index in [-0.39, 0.29) is 11.4 Å². The van der Waals surface area contributed by atoms with E-state index in [0.29, 0.717) is 12.1 Å². The number of urea groups is 1. The van der Waals surface area contributed by atoms with Crippen molar-refractivity contribution in [2.45, 2.75) is 45.7 Å². The van der Waals surface area contributed by atoms with Crippen LogP contribution in [0.1, 0.15) is 33.6 Å². The van der Waals surface area contributed by atoms with Gasteiger partial charge in [0.25, 0.3) is 0 Å². The number of nitrogens with zero attached hydrogens (tertiary/aromatic N) is 2. The summed E-state index contributed by atoms with van der Waals surface area (Å²) < 4.78 is 0. The molecule has 2 saturated heterocycles. The monoisotopic (exact) mass is 196 g/mol. The first kappa shape index (κ1) is 9.81. The predicted molar refractivity (Wildman–Crippen MR) is 56.1 cm³/mol. The summed E-state index contributed by atoms with van der Waals surface area (Å²) in [5, 5.41) is 0. The van der Waals surface area contributed by atoms with Crippen molar-refractivity contribution in [3.63, 3.8) is 0 Å². The Balaban J connectivity index is 2.22. The number of hydrogen-bond acceptors (Lipinski definition) is 1.